The number of amidine groups is 1. The van der Waals surface area contributed by atoms with Crippen molar-refractivity contribution in [3.8, 4) is 0 Å². The van der Waals surface area contributed by atoms with Crippen LogP contribution in [0.25, 0.3) is 0 Å². The first kappa shape index (κ1) is 24.7. The summed E-state index contributed by atoms with van der Waals surface area (Å²) in [5.41, 5.74) is 2.41. The van der Waals surface area contributed by atoms with Gasteiger partial charge in [-0.15, -0.1) is 0 Å². The van der Waals surface area contributed by atoms with Crippen LogP contribution in [0.5, 0.6) is 0 Å². The molecular formula is C26H38N4O3Si. The molecule has 2 heterocycles. The molecule has 0 bridgehead atoms. The number of nitrogens with one attached hydrogen (secondary N) is 1. The van der Waals surface area contributed by atoms with Gasteiger partial charge >= 0.3 is 6.03 Å². The Morgan fingerprint density at radius 3 is 2.38 bits per heavy atom. The van der Waals surface area contributed by atoms with Crippen LogP contribution in [0.15, 0.2) is 46.5 Å². The maximum atomic E-state index is 13.6. The summed E-state index contributed by atoms with van der Waals surface area (Å²) in [5, 5.41) is 13.0. The number of hydrogen-bond acceptors (Lipinski definition) is 4. The molecule has 1 saturated carbocycles. The van der Waals surface area contributed by atoms with Gasteiger partial charge in [0.25, 0.3) is 0 Å². The number of likely N-dealkylation sites (N-methyl/N-ethyl adjacent to an activating group) is 1. The normalized spacial score (nSPS) is 21.5. The van der Waals surface area contributed by atoms with Gasteiger partial charge in [0.05, 0.1) is 39.4 Å². The van der Waals surface area contributed by atoms with Crippen LogP contribution in [0.3, 0.4) is 0 Å². The Kier molecular flexibility index (Phi) is 6.27. The maximum absolute atomic E-state index is 13.6. The summed E-state index contributed by atoms with van der Waals surface area (Å²) in [5.74, 6) is 0.742. The van der Waals surface area contributed by atoms with Crippen LogP contribution in [-0.4, -0.2) is 73.0 Å². The van der Waals surface area contributed by atoms with E-state index in [1.165, 1.54) is 0 Å². The molecule has 1 aromatic rings. The van der Waals surface area contributed by atoms with Gasteiger partial charge in [0, 0.05) is 17.7 Å². The zero-order valence-corrected chi connectivity index (χ0v) is 22.3. The van der Waals surface area contributed by atoms with Crippen LogP contribution < -0.4 is 5.32 Å². The fourth-order valence-electron chi connectivity index (χ4n) is 5.69. The van der Waals surface area contributed by atoms with E-state index >= 15 is 0 Å². The third-order valence-corrected chi connectivity index (χ3v) is 12.0. The molecule has 0 radical (unpaired) electrons. The van der Waals surface area contributed by atoms with Crippen molar-refractivity contribution in [2.24, 2.45) is 4.99 Å². The summed E-state index contributed by atoms with van der Waals surface area (Å²) in [6.45, 7) is 11.6. The number of nitrogens with zero attached hydrogens (tertiary/aromatic N) is 3. The predicted octanol–water partition coefficient (Wildman–Crippen LogP) is 3.95. The summed E-state index contributed by atoms with van der Waals surface area (Å²) in [6.07, 6.45) is 3.01. The molecule has 1 aromatic carbocycles. The number of urea groups is 1. The Balaban J connectivity index is 1.52. The van der Waals surface area contributed by atoms with Gasteiger partial charge in [-0.25, -0.2) is 4.79 Å². The number of rotatable bonds is 5. The molecule has 0 spiro atoms. The van der Waals surface area contributed by atoms with Crippen molar-refractivity contribution in [2.45, 2.75) is 69.4 Å². The van der Waals surface area contributed by atoms with E-state index in [1.807, 2.05) is 49.1 Å². The van der Waals surface area contributed by atoms with Crippen LogP contribution in [0, 0.1) is 0 Å². The predicted molar refractivity (Wildman–Crippen MR) is 138 cm³/mol. The standard InChI is InChI=1S/C26H38N4O3Si/c1-25(2)20-15-27-22(28-23(32)26(13-10-14-26)34(4,5)6)19(20)16-30(25)24(33)29(3)21(17-31)18-11-8-7-9-12-18/h7-9,11-12,21,31H,10,13-17H2,1-6H3,(H,27,28,32)/t21-/m1/s1. The lowest BCUT2D eigenvalue weighted by molar-refractivity contribution is -0.125. The highest BCUT2D eigenvalue weighted by atomic mass is 28.3. The number of aliphatic hydroxyl groups excluding tert-OH is 1. The second-order valence-electron chi connectivity index (χ2n) is 11.4. The Morgan fingerprint density at radius 2 is 1.85 bits per heavy atom. The molecule has 0 aromatic heterocycles. The minimum absolute atomic E-state index is 0.106. The summed E-state index contributed by atoms with van der Waals surface area (Å²) in [7, 11) is 0.0425. The van der Waals surface area contributed by atoms with Gasteiger partial charge in [0.15, 0.2) is 0 Å². The van der Waals surface area contributed by atoms with Crippen LogP contribution in [-0.2, 0) is 4.79 Å². The first-order valence-corrected chi connectivity index (χ1v) is 15.7. The summed E-state index contributed by atoms with van der Waals surface area (Å²) < 4.78 is 0. The highest BCUT2D eigenvalue weighted by Crippen LogP contribution is 2.55. The summed E-state index contributed by atoms with van der Waals surface area (Å²) in [4.78, 5) is 35.2. The fraction of sp³-hybridized carbons (Fsp3) is 0.577. The molecule has 7 nitrogen and oxygen atoms in total. The van der Waals surface area contributed by atoms with E-state index in [9.17, 15) is 14.7 Å². The van der Waals surface area contributed by atoms with Gasteiger partial charge < -0.3 is 20.2 Å². The second kappa shape index (κ2) is 8.64. The molecule has 1 atom stereocenters. The zero-order valence-electron chi connectivity index (χ0n) is 21.3. The third-order valence-electron chi connectivity index (χ3n) is 8.44. The van der Waals surface area contributed by atoms with E-state index in [1.54, 1.807) is 11.9 Å². The molecule has 3 aliphatic rings. The molecule has 8 heteroatoms. The number of aliphatic imine (C=N–C) groups is 1. The third kappa shape index (κ3) is 3.81. The van der Waals surface area contributed by atoms with Crippen molar-refractivity contribution in [3.63, 3.8) is 0 Å². The van der Waals surface area contributed by atoms with Crippen molar-refractivity contribution >= 4 is 25.8 Å². The van der Waals surface area contributed by atoms with Crippen molar-refractivity contribution in [2.75, 3.05) is 26.7 Å². The van der Waals surface area contributed by atoms with Crippen LogP contribution in [0.2, 0.25) is 24.7 Å². The monoisotopic (exact) mass is 482 g/mol. The van der Waals surface area contributed by atoms with E-state index < -0.39 is 19.7 Å². The van der Waals surface area contributed by atoms with Crippen LogP contribution >= 0.6 is 0 Å². The molecule has 0 saturated heterocycles. The van der Waals surface area contributed by atoms with E-state index in [0.717, 1.165) is 36.0 Å². The highest BCUT2D eigenvalue weighted by Gasteiger charge is 2.54. The number of aliphatic hydroxyl groups is 1. The Morgan fingerprint density at radius 1 is 1.21 bits per heavy atom. The molecule has 2 N–H and O–H groups in total. The molecule has 184 valence electrons. The zero-order chi connectivity index (χ0) is 24.9. The lowest BCUT2D eigenvalue weighted by Crippen LogP contribution is -2.55. The van der Waals surface area contributed by atoms with Gasteiger partial charge in [-0.1, -0.05) is 56.4 Å². The Bertz CT molecular complexity index is 1040. The first-order chi connectivity index (χ1) is 15.9. The van der Waals surface area contributed by atoms with Gasteiger partial charge in [-0.2, -0.15) is 0 Å². The SMILES string of the molecule is CN(C(=O)N1CC2=C(CN=C2NC(=O)C2([Si](C)(C)C)CCC2)C1(C)C)[C@H](CO)c1ccccc1. The minimum Gasteiger partial charge on any atom is -0.394 e. The van der Waals surface area contributed by atoms with E-state index in [4.69, 9.17) is 0 Å². The summed E-state index contributed by atoms with van der Waals surface area (Å²) >= 11 is 0. The van der Waals surface area contributed by atoms with E-state index in [-0.39, 0.29) is 23.6 Å². The Labute approximate surface area is 203 Å². The quantitative estimate of drug-likeness (QED) is 0.623. The van der Waals surface area contributed by atoms with Gasteiger partial charge in [0.2, 0.25) is 5.91 Å². The number of carbonyl (C=O) groups is 2. The van der Waals surface area contributed by atoms with Crippen molar-refractivity contribution in [1.29, 1.82) is 0 Å². The molecule has 2 aliphatic heterocycles. The van der Waals surface area contributed by atoms with E-state index in [2.05, 4.69) is 30.0 Å². The van der Waals surface area contributed by atoms with Crippen LogP contribution in [0.1, 0.15) is 44.7 Å². The molecule has 4 rings (SSSR count). The van der Waals surface area contributed by atoms with Crippen molar-refractivity contribution < 1.29 is 14.7 Å². The van der Waals surface area contributed by atoms with Gasteiger partial charge in [-0.05, 0) is 37.8 Å². The smallest absolute Gasteiger partial charge is 0.321 e. The van der Waals surface area contributed by atoms with Crippen molar-refractivity contribution in [1.82, 2.24) is 15.1 Å². The fourth-order valence-corrected chi connectivity index (χ4v) is 8.29. The molecule has 34 heavy (non-hydrogen) atoms. The van der Waals surface area contributed by atoms with Crippen LogP contribution in [0.4, 0.5) is 4.79 Å². The summed E-state index contributed by atoms with van der Waals surface area (Å²) in [6, 6.07) is 9.01. The number of hydrogen-bond donors (Lipinski definition) is 2. The lowest BCUT2D eigenvalue weighted by Gasteiger charge is -2.49. The highest BCUT2D eigenvalue weighted by molar-refractivity contribution is 6.82. The lowest BCUT2D eigenvalue weighted by atomic mass is 9.83. The van der Waals surface area contributed by atoms with Crippen molar-refractivity contribution in [3.05, 3.63) is 47.0 Å². The van der Waals surface area contributed by atoms with Gasteiger partial charge in [-0.3, -0.25) is 9.79 Å². The molecule has 3 amide bonds. The van der Waals surface area contributed by atoms with Gasteiger partial charge in [0.1, 0.15) is 5.84 Å². The molecule has 0 unspecified atom stereocenters. The number of benzene rings is 1. The minimum atomic E-state index is -1.69. The molecule has 1 aliphatic carbocycles. The second-order valence-corrected chi connectivity index (χ2v) is 16.9. The number of amides is 3. The Hall–Kier alpha value is -2.45. The average Bonchev–Trinajstić information content (AvgIpc) is 3.25. The average molecular weight is 483 g/mol. The topological polar surface area (TPSA) is 85.2 Å². The largest absolute Gasteiger partial charge is 0.394 e. The molecule has 1 fully saturated rings. The maximum Gasteiger partial charge on any atom is 0.321 e. The number of carbonyl (C=O) groups excluding carboxylic acids is 2. The molecular weight excluding hydrogens is 444 g/mol. The first-order valence-electron chi connectivity index (χ1n) is 12.2. The van der Waals surface area contributed by atoms with E-state index in [0.29, 0.717) is 18.9 Å².